The van der Waals surface area contributed by atoms with Crippen molar-refractivity contribution in [3.05, 3.63) is 0 Å². The molecule has 0 unspecified atom stereocenters. The highest BCUT2D eigenvalue weighted by atomic mass is 15.4. The Morgan fingerprint density at radius 1 is 1.27 bits per heavy atom. The van der Waals surface area contributed by atoms with E-state index in [0.29, 0.717) is 11.6 Å². The molecule has 3 nitrogen and oxygen atoms in total. The van der Waals surface area contributed by atoms with Gasteiger partial charge in [0.05, 0.1) is 12.1 Å². The van der Waals surface area contributed by atoms with E-state index in [9.17, 15) is 0 Å². The van der Waals surface area contributed by atoms with Crippen LogP contribution in [0.1, 0.15) is 33.6 Å². The predicted octanol–water partition coefficient (Wildman–Crippen LogP) is 1.46. The van der Waals surface area contributed by atoms with E-state index in [4.69, 9.17) is 5.26 Å². The van der Waals surface area contributed by atoms with Gasteiger partial charge in [0.25, 0.3) is 0 Å². The third kappa shape index (κ3) is 2.02. The Labute approximate surface area is 92.7 Å². The van der Waals surface area contributed by atoms with Gasteiger partial charge in [0.1, 0.15) is 0 Å². The Balaban J connectivity index is 1.87. The zero-order chi connectivity index (χ0) is 11.1. The molecule has 2 aliphatic heterocycles. The summed E-state index contributed by atoms with van der Waals surface area (Å²) in [6, 6.07) is 3.25. The van der Waals surface area contributed by atoms with Gasteiger partial charge in [0, 0.05) is 24.7 Å². The minimum absolute atomic E-state index is 0.192. The minimum atomic E-state index is 0.192. The van der Waals surface area contributed by atoms with Crippen LogP contribution in [0.25, 0.3) is 0 Å². The molecule has 0 saturated carbocycles. The molecule has 0 aliphatic carbocycles. The zero-order valence-electron chi connectivity index (χ0n) is 10.0. The maximum Gasteiger partial charge on any atom is 0.0981 e. The molecule has 84 valence electrons. The van der Waals surface area contributed by atoms with Gasteiger partial charge in [-0.1, -0.05) is 0 Å². The van der Waals surface area contributed by atoms with Crippen LogP contribution in [-0.4, -0.2) is 47.1 Å². The van der Waals surface area contributed by atoms with Crippen LogP contribution < -0.4 is 0 Å². The van der Waals surface area contributed by atoms with E-state index < -0.39 is 0 Å². The average Bonchev–Trinajstić information content (AvgIpc) is 2.46. The Morgan fingerprint density at radius 3 is 2.47 bits per heavy atom. The molecule has 0 bridgehead atoms. The summed E-state index contributed by atoms with van der Waals surface area (Å²) in [5, 5.41) is 9.03. The van der Waals surface area contributed by atoms with E-state index >= 15 is 0 Å². The summed E-state index contributed by atoms with van der Waals surface area (Å²) in [5.41, 5.74) is 0.290. The molecule has 3 heteroatoms. The topological polar surface area (TPSA) is 30.3 Å². The predicted molar refractivity (Wildman–Crippen MR) is 60.5 cm³/mol. The summed E-state index contributed by atoms with van der Waals surface area (Å²) in [6.45, 7) is 10.2. The maximum atomic E-state index is 9.03. The van der Waals surface area contributed by atoms with Crippen molar-refractivity contribution in [2.24, 2.45) is 0 Å². The van der Waals surface area contributed by atoms with Gasteiger partial charge < -0.3 is 0 Å². The van der Waals surface area contributed by atoms with Crippen molar-refractivity contribution in [2.75, 3.05) is 19.6 Å². The fourth-order valence-corrected chi connectivity index (χ4v) is 2.58. The van der Waals surface area contributed by atoms with Crippen molar-refractivity contribution in [1.29, 1.82) is 5.26 Å². The highest BCUT2D eigenvalue weighted by Crippen LogP contribution is 2.29. The van der Waals surface area contributed by atoms with Gasteiger partial charge in [-0.05, 0) is 40.2 Å². The summed E-state index contributed by atoms with van der Waals surface area (Å²) in [6.07, 6.45) is 2.27. The summed E-state index contributed by atoms with van der Waals surface area (Å²) in [5.74, 6) is 0. The standard InChI is InChI=1S/C12H21N3/c1-12(2,3)14-8-11(9-14)15-6-4-5-10(15)7-13/h10-11H,4-6,8-9H2,1-3H3/t10-/m1/s1. The van der Waals surface area contributed by atoms with Crippen LogP contribution in [0.4, 0.5) is 0 Å². The van der Waals surface area contributed by atoms with Crippen molar-refractivity contribution in [2.45, 2.75) is 51.2 Å². The average molecular weight is 207 g/mol. The van der Waals surface area contributed by atoms with Gasteiger partial charge in [-0.15, -0.1) is 0 Å². The lowest BCUT2D eigenvalue weighted by molar-refractivity contribution is -0.0205. The Hall–Kier alpha value is -0.590. The van der Waals surface area contributed by atoms with E-state index in [1.807, 2.05) is 0 Å². The summed E-state index contributed by atoms with van der Waals surface area (Å²) in [7, 11) is 0. The summed E-state index contributed by atoms with van der Waals surface area (Å²) >= 11 is 0. The van der Waals surface area contributed by atoms with Crippen LogP contribution in [0, 0.1) is 11.3 Å². The number of hydrogen-bond acceptors (Lipinski definition) is 3. The van der Waals surface area contributed by atoms with Crippen molar-refractivity contribution in [3.8, 4) is 6.07 Å². The maximum absolute atomic E-state index is 9.03. The second-order valence-corrected chi connectivity index (χ2v) is 5.75. The van der Waals surface area contributed by atoms with Crippen molar-refractivity contribution < 1.29 is 0 Å². The molecule has 2 aliphatic rings. The Kier molecular flexibility index (Phi) is 2.74. The molecule has 15 heavy (non-hydrogen) atoms. The number of rotatable bonds is 1. The first-order chi connectivity index (χ1) is 7.02. The van der Waals surface area contributed by atoms with Gasteiger partial charge in [-0.2, -0.15) is 5.26 Å². The fraction of sp³-hybridized carbons (Fsp3) is 0.917. The van der Waals surface area contributed by atoms with Crippen molar-refractivity contribution >= 4 is 0 Å². The number of hydrogen-bond donors (Lipinski definition) is 0. The lowest BCUT2D eigenvalue weighted by Gasteiger charge is -2.51. The molecular formula is C12H21N3. The molecule has 2 heterocycles. The molecular weight excluding hydrogens is 186 g/mol. The Morgan fingerprint density at radius 2 is 1.93 bits per heavy atom. The highest BCUT2D eigenvalue weighted by Gasteiger charge is 2.41. The lowest BCUT2D eigenvalue weighted by atomic mass is 9.96. The molecule has 0 aromatic heterocycles. The van der Waals surface area contributed by atoms with Crippen LogP contribution in [0.15, 0.2) is 0 Å². The second-order valence-electron chi connectivity index (χ2n) is 5.75. The quantitative estimate of drug-likeness (QED) is 0.652. The van der Waals surface area contributed by atoms with Crippen LogP contribution in [0.5, 0.6) is 0 Å². The molecule has 1 atom stereocenters. The molecule has 0 spiro atoms. The number of likely N-dealkylation sites (tertiary alicyclic amines) is 2. The second kappa shape index (κ2) is 3.77. The SMILES string of the molecule is CC(C)(C)N1CC(N2CCC[C@@H]2C#N)C1. The zero-order valence-corrected chi connectivity index (χ0v) is 10.0. The van der Waals surface area contributed by atoms with Crippen LogP contribution in [0.2, 0.25) is 0 Å². The van der Waals surface area contributed by atoms with Gasteiger partial charge >= 0.3 is 0 Å². The van der Waals surface area contributed by atoms with E-state index in [1.54, 1.807) is 0 Å². The van der Waals surface area contributed by atoms with Crippen molar-refractivity contribution in [1.82, 2.24) is 9.80 Å². The molecule has 0 aromatic carbocycles. The van der Waals surface area contributed by atoms with Crippen LogP contribution >= 0.6 is 0 Å². The molecule has 2 saturated heterocycles. The molecule has 0 amide bonds. The van der Waals surface area contributed by atoms with E-state index in [1.165, 1.54) is 6.42 Å². The van der Waals surface area contributed by atoms with Gasteiger partial charge in [0.2, 0.25) is 0 Å². The van der Waals surface area contributed by atoms with Gasteiger partial charge in [-0.3, -0.25) is 9.80 Å². The minimum Gasteiger partial charge on any atom is -0.295 e. The summed E-state index contributed by atoms with van der Waals surface area (Å²) < 4.78 is 0. The smallest absolute Gasteiger partial charge is 0.0981 e. The highest BCUT2D eigenvalue weighted by molar-refractivity contribution is 5.03. The molecule has 0 aromatic rings. The normalized spacial score (nSPS) is 30.1. The molecule has 2 rings (SSSR count). The monoisotopic (exact) mass is 207 g/mol. The van der Waals surface area contributed by atoms with Crippen LogP contribution in [0.3, 0.4) is 0 Å². The Bertz CT molecular complexity index is 268. The van der Waals surface area contributed by atoms with Crippen molar-refractivity contribution in [3.63, 3.8) is 0 Å². The largest absolute Gasteiger partial charge is 0.295 e. The van der Waals surface area contributed by atoms with E-state index in [-0.39, 0.29) is 6.04 Å². The molecule has 0 N–H and O–H groups in total. The lowest BCUT2D eigenvalue weighted by Crippen LogP contribution is -2.65. The molecule has 2 fully saturated rings. The third-order valence-electron chi connectivity index (χ3n) is 3.72. The van der Waals surface area contributed by atoms with Gasteiger partial charge in [-0.25, -0.2) is 0 Å². The van der Waals surface area contributed by atoms with E-state index in [2.05, 4.69) is 36.6 Å². The first-order valence-electron chi connectivity index (χ1n) is 5.93. The molecule has 0 radical (unpaired) electrons. The summed E-state index contributed by atoms with van der Waals surface area (Å²) in [4.78, 5) is 4.90. The third-order valence-corrected chi connectivity index (χ3v) is 3.72. The van der Waals surface area contributed by atoms with Crippen LogP contribution in [-0.2, 0) is 0 Å². The number of nitriles is 1. The number of nitrogens with zero attached hydrogens (tertiary/aromatic N) is 3. The van der Waals surface area contributed by atoms with Gasteiger partial charge in [0.15, 0.2) is 0 Å². The first kappa shape index (κ1) is 10.9. The van der Waals surface area contributed by atoms with E-state index in [0.717, 1.165) is 26.1 Å². The fourth-order valence-electron chi connectivity index (χ4n) is 2.58. The first-order valence-corrected chi connectivity index (χ1v) is 5.93.